The predicted molar refractivity (Wildman–Crippen MR) is 75.3 cm³/mol. The van der Waals surface area contributed by atoms with Crippen molar-refractivity contribution >= 4 is 12.0 Å². The van der Waals surface area contributed by atoms with E-state index in [1.165, 1.54) is 0 Å². The number of carboxylic acid groups (broad SMARTS) is 1. The van der Waals surface area contributed by atoms with Crippen molar-refractivity contribution in [2.45, 2.75) is 39.2 Å². The molecule has 6 nitrogen and oxygen atoms in total. The highest BCUT2D eigenvalue weighted by Crippen LogP contribution is 2.06. The fourth-order valence-corrected chi connectivity index (χ4v) is 1.78. The zero-order chi connectivity index (χ0) is 14.8. The van der Waals surface area contributed by atoms with Gasteiger partial charge < -0.3 is 20.2 Å². The Morgan fingerprint density at radius 2 is 1.84 bits per heavy atom. The SMILES string of the molecule is CNCCCN(C)C(=O)N(CCCC(=O)O)C(C)C. The minimum atomic E-state index is -0.821. The quantitative estimate of drug-likeness (QED) is 0.620. The molecule has 0 aromatic carbocycles. The van der Waals surface area contributed by atoms with E-state index in [-0.39, 0.29) is 18.5 Å². The first-order valence-electron chi connectivity index (χ1n) is 6.78. The van der Waals surface area contributed by atoms with Gasteiger partial charge in [0.1, 0.15) is 0 Å². The summed E-state index contributed by atoms with van der Waals surface area (Å²) in [4.78, 5) is 26.2. The molecule has 19 heavy (non-hydrogen) atoms. The van der Waals surface area contributed by atoms with Crippen molar-refractivity contribution in [3.8, 4) is 0 Å². The Morgan fingerprint density at radius 1 is 1.21 bits per heavy atom. The van der Waals surface area contributed by atoms with Crippen LogP contribution in [0.15, 0.2) is 0 Å². The molecule has 0 bridgehead atoms. The van der Waals surface area contributed by atoms with Crippen molar-refractivity contribution in [3.05, 3.63) is 0 Å². The summed E-state index contributed by atoms with van der Waals surface area (Å²) >= 11 is 0. The van der Waals surface area contributed by atoms with E-state index in [1.54, 1.807) is 16.8 Å². The number of rotatable bonds is 9. The second-order valence-corrected chi connectivity index (χ2v) is 4.95. The lowest BCUT2D eigenvalue weighted by atomic mass is 10.2. The largest absolute Gasteiger partial charge is 0.481 e. The van der Waals surface area contributed by atoms with Crippen LogP contribution in [0.25, 0.3) is 0 Å². The van der Waals surface area contributed by atoms with Crippen LogP contribution in [0.2, 0.25) is 0 Å². The molecule has 2 N–H and O–H groups in total. The molecule has 0 saturated heterocycles. The van der Waals surface area contributed by atoms with Crippen LogP contribution in [0, 0.1) is 0 Å². The molecule has 0 unspecified atom stereocenters. The number of aliphatic carboxylic acids is 1. The number of nitrogens with one attached hydrogen (secondary N) is 1. The normalized spacial score (nSPS) is 10.6. The summed E-state index contributed by atoms with van der Waals surface area (Å²) < 4.78 is 0. The molecule has 0 aromatic heterocycles. The first kappa shape index (κ1) is 17.7. The van der Waals surface area contributed by atoms with E-state index in [4.69, 9.17) is 5.11 Å². The lowest BCUT2D eigenvalue weighted by molar-refractivity contribution is -0.137. The molecule has 0 aliphatic carbocycles. The average Bonchev–Trinajstić information content (AvgIpc) is 2.33. The number of amides is 2. The highest BCUT2D eigenvalue weighted by atomic mass is 16.4. The van der Waals surface area contributed by atoms with Crippen molar-refractivity contribution in [2.24, 2.45) is 0 Å². The van der Waals surface area contributed by atoms with Gasteiger partial charge in [0.15, 0.2) is 0 Å². The summed E-state index contributed by atoms with van der Waals surface area (Å²) in [7, 11) is 3.67. The molecule has 0 saturated carbocycles. The summed E-state index contributed by atoms with van der Waals surface area (Å²) in [5.41, 5.74) is 0. The fourth-order valence-electron chi connectivity index (χ4n) is 1.78. The third-order valence-electron chi connectivity index (χ3n) is 2.91. The minimum Gasteiger partial charge on any atom is -0.481 e. The molecular formula is C13H27N3O3. The van der Waals surface area contributed by atoms with Gasteiger partial charge in [0.05, 0.1) is 0 Å². The van der Waals surface area contributed by atoms with Crippen LogP contribution in [0.4, 0.5) is 4.79 Å². The molecule has 0 spiro atoms. The Kier molecular flexibility index (Phi) is 8.95. The van der Waals surface area contributed by atoms with E-state index >= 15 is 0 Å². The molecule has 112 valence electrons. The molecule has 0 aromatic rings. The Morgan fingerprint density at radius 3 is 2.32 bits per heavy atom. The molecule has 0 atom stereocenters. The van der Waals surface area contributed by atoms with Crippen molar-refractivity contribution in [1.82, 2.24) is 15.1 Å². The van der Waals surface area contributed by atoms with E-state index in [2.05, 4.69) is 5.32 Å². The second-order valence-electron chi connectivity index (χ2n) is 4.95. The molecule has 0 heterocycles. The number of urea groups is 1. The van der Waals surface area contributed by atoms with Crippen molar-refractivity contribution in [2.75, 3.05) is 33.7 Å². The number of carbonyl (C=O) groups excluding carboxylic acids is 1. The second kappa shape index (κ2) is 9.61. The summed E-state index contributed by atoms with van der Waals surface area (Å²) in [5.74, 6) is -0.821. The van der Waals surface area contributed by atoms with Gasteiger partial charge in [-0.05, 0) is 40.3 Å². The van der Waals surface area contributed by atoms with Gasteiger partial charge in [-0.3, -0.25) is 4.79 Å². The van der Waals surface area contributed by atoms with Gasteiger partial charge in [0, 0.05) is 32.6 Å². The number of hydrogen-bond donors (Lipinski definition) is 2. The number of carbonyl (C=O) groups is 2. The molecular weight excluding hydrogens is 246 g/mol. The van der Waals surface area contributed by atoms with E-state index in [0.29, 0.717) is 19.5 Å². The van der Waals surface area contributed by atoms with Crippen LogP contribution < -0.4 is 5.32 Å². The van der Waals surface area contributed by atoms with Gasteiger partial charge in [-0.1, -0.05) is 0 Å². The smallest absolute Gasteiger partial charge is 0.319 e. The van der Waals surface area contributed by atoms with E-state index in [0.717, 1.165) is 13.0 Å². The molecule has 2 amide bonds. The van der Waals surface area contributed by atoms with Gasteiger partial charge in [-0.2, -0.15) is 0 Å². The third-order valence-corrected chi connectivity index (χ3v) is 2.91. The Labute approximate surface area is 115 Å². The highest BCUT2D eigenvalue weighted by molar-refractivity contribution is 5.74. The zero-order valence-electron chi connectivity index (χ0n) is 12.5. The molecule has 0 fully saturated rings. The predicted octanol–water partition coefficient (Wildman–Crippen LogP) is 1.22. The van der Waals surface area contributed by atoms with Crippen LogP contribution in [0.3, 0.4) is 0 Å². The van der Waals surface area contributed by atoms with Gasteiger partial charge in [-0.25, -0.2) is 4.79 Å². The van der Waals surface area contributed by atoms with Crippen LogP contribution in [-0.2, 0) is 4.79 Å². The average molecular weight is 273 g/mol. The monoisotopic (exact) mass is 273 g/mol. The molecule has 0 radical (unpaired) electrons. The maximum Gasteiger partial charge on any atom is 0.319 e. The highest BCUT2D eigenvalue weighted by Gasteiger charge is 2.20. The number of carboxylic acids is 1. The van der Waals surface area contributed by atoms with Gasteiger partial charge >= 0.3 is 12.0 Å². The van der Waals surface area contributed by atoms with Crippen LogP contribution >= 0.6 is 0 Å². The maximum atomic E-state index is 12.2. The standard InChI is InChI=1S/C13H27N3O3/c1-11(2)16(10-5-7-12(17)18)13(19)15(4)9-6-8-14-3/h11,14H,5-10H2,1-4H3,(H,17,18). The zero-order valence-corrected chi connectivity index (χ0v) is 12.5. The molecule has 0 aliphatic rings. The van der Waals surface area contributed by atoms with Gasteiger partial charge in [-0.15, -0.1) is 0 Å². The summed E-state index contributed by atoms with van der Waals surface area (Å²) in [6.45, 7) is 5.94. The minimum absolute atomic E-state index is 0.0310. The summed E-state index contributed by atoms with van der Waals surface area (Å²) in [6, 6.07) is 0.0459. The molecule has 0 rings (SSSR count). The third kappa shape index (κ3) is 7.66. The van der Waals surface area contributed by atoms with Crippen molar-refractivity contribution in [3.63, 3.8) is 0 Å². The lowest BCUT2D eigenvalue weighted by Crippen LogP contribution is -2.46. The summed E-state index contributed by atoms with van der Waals surface area (Å²) in [5, 5.41) is 11.7. The fraction of sp³-hybridized carbons (Fsp3) is 0.846. The van der Waals surface area contributed by atoms with E-state index < -0.39 is 5.97 Å². The number of hydrogen-bond acceptors (Lipinski definition) is 3. The van der Waals surface area contributed by atoms with Crippen molar-refractivity contribution in [1.29, 1.82) is 0 Å². The van der Waals surface area contributed by atoms with E-state index in [1.807, 2.05) is 20.9 Å². The van der Waals surface area contributed by atoms with Gasteiger partial charge in [0.2, 0.25) is 0 Å². The topological polar surface area (TPSA) is 72.9 Å². The maximum absolute atomic E-state index is 12.2. The first-order chi connectivity index (χ1) is 8.90. The lowest BCUT2D eigenvalue weighted by Gasteiger charge is -2.31. The molecule has 6 heteroatoms. The Hall–Kier alpha value is -1.30. The van der Waals surface area contributed by atoms with Crippen LogP contribution in [0.5, 0.6) is 0 Å². The first-order valence-corrected chi connectivity index (χ1v) is 6.78. The summed E-state index contributed by atoms with van der Waals surface area (Å²) in [6.07, 6.45) is 1.49. The van der Waals surface area contributed by atoms with Gasteiger partial charge in [0.25, 0.3) is 0 Å². The van der Waals surface area contributed by atoms with Crippen LogP contribution in [0.1, 0.15) is 33.1 Å². The molecule has 0 aliphatic heterocycles. The van der Waals surface area contributed by atoms with Crippen LogP contribution in [-0.4, -0.2) is 66.7 Å². The van der Waals surface area contributed by atoms with Crippen molar-refractivity contribution < 1.29 is 14.7 Å². The van der Waals surface area contributed by atoms with E-state index in [9.17, 15) is 9.59 Å². The Bertz CT molecular complexity index is 282. The Balaban J connectivity index is 4.27. The number of nitrogens with zero attached hydrogens (tertiary/aromatic N) is 2.